The Bertz CT molecular complexity index is 660. The molecule has 0 spiro atoms. The van der Waals surface area contributed by atoms with Gasteiger partial charge in [-0.3, -0.25) is 19.2 Å². The third-order valence-electron chi connectivity index (χ3n) is 3.36. The molecule has 1 aromatic carbocycles. The molecule has 0 heterocycles. The molecule has 142 valence electrons. The molecule has 0 saturated carbocycles. The molecule has 0 aliphatic rings. The van der Waals surface area contributed by atoms with Gasteiger partial charge in [0.2, 0.25) is 11.8 Å². The van der Waals surface area contributed by atoms with E-state index in [1.54, 1.807) is 31.2 Å². The van der Waals surface area contributed by atoms with Crippen LogP contribution in [0.3, 0.4) is 0 Å². The summed E-state index contributed by atoms with van der Waals surface area (Å²) in [5.41, 5.74) is 0.887. The zero-order chi connectivity index (χ0) is 19.5. The van der Waals surface area contributed by atoms with Crippen LogP contribution in [0.4, 0.5) is 5.69 Å². The lowest BCUT2D eigenvalue weighted by molar-refractivity contribution is -0.143. The number of ether oxygens (including phenoxy) is 1. The Labute approximate surface area is 152 Å². The number of carbonyl (C=O) groups is 4. The second kappa shape index (κ2) is 10.9. The minimum Gasteiger partial charge on any atom is -0.466 e. The highest BCUT2D eigenvalue weighted by Crippen LogP contribution is 2.13. The Morgan fingerprint density at radius 1 is 1.08 bits per heavy atom. The number of rotatable bonds is 9. The van der Waals surface area contributed by atoms with Crippen LogP contribution in [0, 0.1) is 0 Å². The molecule has 26 heavy (non-hydrogen) atoms. The largest absolute Gasteiger partial charge is 0.466 e. The van der Waals surface area contributed by atoms with Crippen molar-refractivity contribution in [2.24, 2.45) is 0 Å². The molecule has 0 aliphatic carbocycles. The predicted octanol–water partition coefficient (Wildman–Crippen LogP) is 1.18. The average molecular weight is 363 g/mol. The molecule has 0 unspecified atom stereocenters. The summed E-state index contributed by atoms with van der Waals surface area (Å²) in [6, 6.07) is 6.54. The first-order valence-electron chi connectivity index (χ1n) is 8.40. The van der Waals surface area contributed by atoms with Crippen molar-refractivity contribution in [3.63, 3.8) is 0 Å². The van der Waals surface area contributed by atoms with Gasteiger partial charge in [-0.05, 0) is 25.1 Å². The maximum atomic E-state index is 12.8. The molecule has 0 saturated heterocycles. The van der Waals surface area contributed by atoms with Crippen LogP contribution in [-0.2, 0) is 19.1 Å². The van der Waals surface area contributed by atoms with Gasteiger partial charge in [0.15, 0.2) is 0 Å². The van der Waals surface area contributed by atoms with Crippen LogP contribution in [0.2, 0.25) is 0 Å². The molecule has 0 fully saturated rings. The number of hydrogen-bond donors (Lipinski definition) is 2. The fourth-order valence-corrected chi connectivity index (χ4v) is 2.26. The van der Waals surface area contributed by atoms with Crippen molar-refractivity contribution in [1.82, 2.24) is 10.2 Å². The Hall–Kier alpha value is -2.90. The summed E-state index contributed by atoms with van der Waals surface area (Å²) in [5, 5.41) is 5.25. The van der Waals surface area contributed by atoms with Gasteiger partial charge >= 0.3 is 5.97 Å². The first-order valence-corrected chi connectivity index (χ1v) is 8.40. The van der Waals surface area contributed by atoms with Crippen LogP contribution in [-0.4, -0.2) is 54.8 Å². The zero-order valence-electron chi connectivity index (χ0n) is 15.3. The van der Waals surface area contributed by atoms with E-state index in [1.165, 1.54) is 18.7 Å². The quantitative estimate of drug-likeness (QED) is 0.641. The maximum Gasteiger partial charge on any atom is 0.307 e. The summed E-state index contributed by atoms with van der Waals surface area (Å²) in [5.74, 6) is -1.13. The minimum atomic E-state index is -0.392. The van der Waals surface area contributed by atoms with Crippen molar-refractivity contribution in [2.45, 2.75) is 27.2 Å². The topological polar surface area (TPSA) is 105 Å². The minimum absolute atomic E-state index is 0.0606. The van der Waals surface area contributed by atoms with E-state index in [1.807, 2.05) is 0 Å². The molecular formula is C18H25N3O5. The van der Waals surface area contributed by atoms with Crippen LogP contribution in [0.25, 0.3) is 0 Å². The third-order valence-corrected chi connectivity index (χ3v) is 3.36. The van der Waals surface area contributed by atoms with Gasteiger partial charge < -0.3 is 20.3 Å². The second-order valence-corrected chi connectivity index (χ2v) is 5.59. The molecular weight excluding hydrogens is 338 g/mol. The summed E-state index contributed by atoms with van der Waals surface area (Å²) in [4.78, 5) is 48.0. The smallest absolute Gasteiger partial charge is 0.307 e. The lowest BCUT2D eigenvalue weighted by Gasteiger charge is -2.23. The van der Waals surface area contributed by atoms with Crippen molar-refractivity contribution < 1.29 is 23.9 Å². The van der Waals surface area contributed by atoms with Crippen LogP contribution < -0.4 is 10.6 Å². The van der Waals surface area contributed by atoms with Crippen LogP contribution in [0.1, 0.15) is 37.6 Å². The standard InChI is InChI=1S/C18H25N3O5/c1-4-26-17(24)8-10-21(11-9-19-13(2)22)18(25)15-6-5-7-16(12-15)20-14(3)23/h5-7,12H,4,8-11H2,1-3H3,(H,19,22)(H,20,23). The second-order valence-electron chi connectivity index (χ2n) is 5.59. The van der Waals surface area contributed by atoms with Crippen molar-refractivity contribution >= 4 is 29.4 Å². The highest BCUT2D eigenvalue weighted by Gasteiger charge is 2.18. The van der Waals surface area contributed by atoms with Gasteiger partial charge in [0, 0.05) is 44.7 Å². The average Bonchev–Trinajstić information content (AvgIpc) is 2.57. The fourth-order valence-electron chi connectivity index (χ4n) is 2.26. The Morgan fingerprint density at radius 2 is 1.81 bits per heavy atom. The van der Waals surface area contributed by atoms with Gasteiger partial charge in [0.05, 0.1) is 13.0 Å². The summed E-state index contributed by atoms with van der Waals surface area (Å²) < 4.78 is 4.89. The summed E-state index contributed by atoms with van der Waals surface area (Å²) in [6.07, 6.45) is 0.0606. The van der Waals surface area contributed by atoms with Gasteiger partial charge in [0.1, 0.15) is 0 Å². The molecule has 8 heteroatoms. The molecule has 0 aromatic heterocycles. The van der Waals surface area contributed by atoms with Gasteiger partial charge in [-0.25, -0.2) is 0 Å². The SMILES string of the molecule is CCOC(=O)CCN(CCNC(C)=O)C(=O)c1cccc(NC(C)=O)c1. The molecule has 3 amide bonds. The van der Waals surface area contributed by atoms with Gasteiger partial charge in [-0.1, -0.05) is 6.07 Å². The maximum absolute atomic E-state index is 12.8. The van der Waals surface area contributed by atoms with E-state index in [0.717, 1.165) is 0 Å². The lowest BCUT2D eigenvalue weighted by Crippen LogP contribution is -2.39. The molecule has 2 N–H and O–H groups in total. The van der Waals surface area contributed by atoms with Crippen LogP contribution >= 0.6 is 0 Å². The zero-order valence-corrected chi connectivity index (χ0v) is 15.3. The monoisotopic (exact) mass is 363 g/mol. The normalized spacial score (nSPS) is 9.96. The number of esters is 1. The van der Waals surface area contributed by atoms with E-state index in [2.05, 4.69) is 10.6 Å². The van der Waals surface area contributed by atoms with E-state index in [0.29, 0.717) is 11.3 Å². The number of benzene rings is 1. The lowest BCUT2D eigenvalue weighted by atomic mass is 10.1. The third kappa shape index (κ3) is 7.78. The van der Waals surface area contributed by atoms with E-state index in [4.69, 9.17) is 4.74 Å². The number of carbonyl (C=O) groups excluding carboxylic acids is 4. The van der Waals surface area contributed by atoms with Crippen molar-refractivity contribution in [2.75, 3.05) is 31.6 Å². The van der Waals surface area contributed by atoms with E-state index >= 15 is 0 Å². The van der Waals surface area contributed by atoms with E-state index in [-0.39, 0.29) is 50.4 Å². The summed E-state index contributed by atoms with van der Waals surface area (Å²) in [6.45, 7) is 5.46. The van der Waals surface area contributed by atoms with Crippen LogP contribution in [0.15, 0.2) is 24.3 Å². The highest BCUT2D eigenvalue weighted by molar-refractivity contribution is 5.97. The van der Waals surface area contributed by atoms with Gasteiger partial charge in [-0.15, -0.1) is 0 Å². The molecule has 0 atom stereocenters. The molecule has 1 rings (SSSR count). The van der Waals surface area contributed by atoms with Crippen molar-refractivity contribution in [3.05, 3.63) is 29.8 Å². The molecule has 0 aliphatic heterocycles. The van der Waals surface area contributed by atoms with Crippen molar-refractivity contribution in [3.8, 4) is 0 Å². The summed E-state index contributed by atoms with van der Waals surface area (Å²) in [7, 11) is 0. The number of hydrogen-bond acceptors (Lipinski definition) is 5. The number of nitrogens with zero attached hydrogens (tertiary/aromatic N) is 1. The van der Waals surface area contributed by atoms with E-state index < -0.39 is 5.97 Å². The number of nitrogens with one attached hydrogen (secondary N) is 2. The first kappa shape index (κ1) is 21.1. The molecule has 0 bridgehead atoms. The Morgan fingerprint density at radius 3 is 2.42 bits per heavy atom. The molecule has 0 radical (unpaired) electrons. The Kier molecular flexibility index (Phi) is 8.83. The summed E-state index contributed by atoms with van der Waals surface area (Å²) >= 11 is 0. The van der Waals surface area contributed by atoms with Gasteiger partial charge in [0.25, 0.3) is 5.91 Å². The van der Waals surface area contributed by atoms with E-state index in [9.17, 15) is 19.2 Å². The highest BCUT2D eigenvalue weighted by atomic mass is 16.5. The first-order chi connectivity index (χ1) is 12.3. The van der Waals surface area contributed by atoms with Crippen molar-refractivity contribution in [1.29, 1.82) is 0 Å². The number of amides is 3. The number of anilines is 1. The fraction of sp³-hybridized carbons (Fsp3) is 0.444. The molecule has 1 aromatic rings. The van der Waals surface area contributed by atoms with Crippen LogP contribution in [0.5, 0.6) is 0 Å². The Balaban J connectivity index is 2.85. The predicted molar refractivity (Wildman–Crippen MR) is 96.6 cm³/mol. The van der Waals surface area contributed by atoms with Gasteiger partial charge in [-0.2, -0.15) is 0 Å². The molecule has 8 nitrogen and oxygen atoms in total.